The summed E-state index contributed by atoms with van der Waals surface area (Å²) >= 11 is 0. The van der Waals surface area contributed by atoms with Crippen LogP contribution in [0.15, 0.2) is 24.3 Å². The van der Waals surface area contributed by atoms with Crippen molar-refractivity contribution in [1.82, 2.24) is 5.32 Å². The van der Waals surface area contributed by atoms with Gasteiger partial charge in [-0.2, -0.15) is 0 Å². The van der Waals surface area contributed by atoms with Gasteiger partial charge in [-0.1, -0.05) is 32.0 Å². The highest BCUT2D eigenvalue weighted by Gasteiger charge is 2.08. The Morgan fingerprint density at radius 1 is 1.26 bits per heavy atom. The van der Waals surface area contributed by atoms with Crippen LogP contribution in [-0.2, 0) is 11.3 Å². The van der Waals surface area contributed by atoms with Crippen LogP contribution in [-0.4, -0.2) is 33.4 Å². The maximum Gasteiger partial charge on any atom is 0.0637 e. The van der Waals surface area contributed by atoms with Gasteiger partial charge in [0.2, 0.25) is 0 Å². The van der Waals surface area contributed by atoms with Crippen molar-refractivity contribution in [3.8, 4) is 0 Å². The molecule has 0 bridgehead atoms. The molecule has 0 heterocycles. The minimum Gasteiger partial charge on any atom is -0.383 e. The molecule has 1 N–H and O–H groups in total. The summed E-state index contributed by atoms with van der Waals surface area (Å²) < 4.78 is 5.19. The highest BCUT2D eigenvalue weighted by molar-refractivity contribution is 5.53. The Hall–Kier alpha value is -1.06. The van der Waals surface area contributed by atoms with Gasteiger partial charge in [-0.05, 0) is 31.0 Å². The first-order chi connectivity index (χ1) is 9.19. The van der Waals surface area contributed by atoms with E-state index in [-0.39, 0.29) is 0 Å². The van der Waals surface area contributed by atoms with Gasteiger partial charge < -0.3 is 15.0 Å². The van der Waals surface area contributed by atoms with Crippen LogP contribution < -0.4 is 10.2 Å². The zero-order valence-corrected chi connectivity index (χ0v) is 12.8. The van der Waals surface area contributed by atoms with Crippen LogP contribution in [0.3, 0.4) is 0 Å². The molecule has 1 aromatic rings. The first kappa shape index (κ1) is 16.0. The lowest BCUT2D eigenvalue weighted by molar-refractivity contribution is 0.205. The van der Waals surface area contributed by atoms with Crippen LogP contribution in [0.5, 0.6) is 0 Å². The van der Waals surface area contributed by atoms with E-state index >= 15 is 0 Å². The van der Waals surface area contributed by atoms with Gasteiger partial charge in [-0.3, -0.25) is 0 Å². The maximum atomic E-state index is 5.19. The number of hydrogen-bond donors (Lipinski definition) is 1. The molecule has 1 rings (SSSR count). The number of nitrogens with one attached hydrogen (secondary N) is 1. The Morgan fingerprint density at radius 3 is 2.63 bits per heavy atom. The van der Waals surface area contributed by atoms with Gasteiger partial charge in [0.1, 0.15) is 0 Å². The second kappa shape index (κ2) is 8.94. The van der Waals surface area contributed by atoms with E-state index in [1.165, 1.54) is 11.3 Å². The number of para-hydroxylation sites is 1. The predicted molar refractivity (Wildman–Crippen MR) is 82.7 cm³/mol. The fourth-order valence-electron chi connectivity index (χ4n) is 2.11. The third kappa shape index (κ3) is 5.62. The van der Waals surface area contributed by atoms with Crippen molar-refractivity contribution in [3.63, 3.8) is 0 Å². The largest absolute Gasteiger partial charge is 0.383 e. The minimum atomic E-state index is 0.683. The van der Waals surface area contributed by atoms with Crippen LogP contribution in [0, 0.1) is 5.92 Å². The van der Waals surface area contributed by atoms with Gasteiger partial charge in [0.05, 0.1) is 6.61 Å². The molecule has 0 spiro atoms. The molecular formula is C16H28N2O. The Balaban J connectivity index is 2.69. The Morgan fingerprint density at radius 2 is 2.00 bits per heavy atom. The lowest BCUT2D eigenvalue weighted by Crippen LogP contribution is -2.29. The van der Waals surface area contributed by atoms with E-state index in [1.54, 1.807) is 7.11 Å². The quantitative estimate of drug-likeness (QED) is 0.742. The number of nitrogens with zero attached hydrogens (tertiary/aromatic N) is 1. The lowest BCUT2D eigenvalue weighted by Gasteiger charge is -2.25. The van der Waals surface area contributed by atoms with Crippen molar-refractivity contribution in [2.45, 2.75) is 27.3 Å². The number of rotatable bonds is 9. The monoisotopic (exact) mass is 264 g/mol. The van der Waals surface area contributed by atoms with Crippen molar-refractivity contribution in [2.75, 3.05) is 38.3 Å². The molecule has 0 aromatic heterocycles. The van der Waals surface area contributed by atoms with Crippen LogP contribution in [0.1, 0.15) is 26.3 Å². The summed E-state index contributed by atoms with van der Waals surface area (Å²) in [5, 5.41) is 3.52. The van der Waals surface area contributed by atoms with Crippen molar-refractivity contribution in [2.24, 2.45) is 5.92 Å². The van der Waals surface area contributed by atoms with Crippen LogP contribution in [0.2, 0.25) is 0 Å². The predicted octanol–water partition coefficient (Wildman–Crippen LogP) is 2.90. The third-order valence-electron chi connectivity index (χ3n) is 3.15. The minimum absolute atomic E-state index is 0.683. The average molecular weight is 264 g/mol. The van der Waals surface area contributed by atoms with Crippen molar-refractivity contribution >= 4 is 5.69 Å². The van der Waals surface area contributed by atoms with Crippen molar-refractivity contribution in [1.29, 1.82) is 0 Å². The second-order valence-corrected chi connectivity index (χ2v) is 5.23. The smallest absolute Gasteiger partial charge is 0.0637 e. The summed E-state index contributed by atoms with van der Waals surface area (Å²) in [6.45, 7) is 11.3. The fourth-order valence-corrected chi connectivity index (χ4v) is 2.11. The zero-order valence-electron chi connectivity index (χ0n) is 12.8. The van der Waals surface area contributed by atoms with Crippen molar-refractivity contribution in [3.05, 3.63) is 29.8 Å². The van der Waals surface area contributed by atoms with Crippen LogP contribution in [0.4, 0.5) is 5.69 Å². The molecule has 108 valence electrons. The van der Waals surface area contributed by atoms with Crippen molar-refractivity contribution < 1.29 is 4.74 Å². The molecule has 0 saturated heterocycles. The summed E-state index contributed by atoms with van der Waals surface area (Å²) in [4.78, 5) is 2.37. The molecule has 0 amide bonds. The second-order valence-electron chi connectivity index (χ2n) is 5.23. The number of benzene rings is 1. The highest BCUT2D eigenvalue weighted by atomic mass is 16.5. The number of methoxy groups -OCH3 is 1. The van der Waals surface area contributed by atoms with E-state index in [4.69, 9.17) is 4.74 Å². The fraction of sp³-hybridized carbons (Fsp3) is 0.625. The molecule has 3 heteroatoms. The van der Waals surface area contributed by atoms with E-state index < -0.39 is 0 Å². The van der Waals surface area contributed by atoms with Gasteiger partial charge in [0.15, 0.2) is 0 Å². The van der Waals surface area contributed by atoms with Gasteiger partial charge in [0.25, 0.3) is 0 Å². The average Bonchev–Trinajstić information content (AvgIpc) is 2.40. The van der Waals surface area contributed by atoms with Crippen LogP contribution in [0.25, 0.3) is 0 Å². The van der Waals surface area contributed by atoms with E-state index in [1.807, 2.05) is 0 Å². The summed E-state index contributed by atoms with van der Waals surface area (Å²) in [6, 6.07) is 8.63. The normalized spacial score (nSPS) is 11.0. The zero-order chi connectivity index (χ0) is 14.1. The third-order valence-corrected chi connectivity index (χ3v) is 3.15. The molecule has 0 atom stereocenters. The first-order valence-electron chi connectivity index (χ1n) is 7.21. The molecule has 0 aliphatic carbocycles. The molecule has 0 radical (unpaired) electrons. The summed E-state index contributed by atoms with van der Waals surface area (Å²) in [6.07, 6.45) is 0. The van der Waals surface area contributed by atoms with Gasteiger partial charge in [-0.25, -0.2) is 0 Å². The number of hydrogen-bond acceptors (Lipinski definition) is 3. The number of ether oxygens (including phenoxy) is 1. The topological polar surface area (TPSA) is 24.5 Å². The lowest BCUT2D eigenvalue weighted by atomic mass is 10.1. The molecule has 19 heavy (non-hydrogen) atoms. The summed E-state index contributed by atoms with van der Waals surface area (Å²) in [7, 11) is 1.75. The van der Waals surface area contributed by atoms with E-state index in [0.29, 0.717) is 5.92 Å². The Labute approximate surface area is 118 Å². The molecule has 1 aromatic carbocycles. The Bertz CT molecular complexity index is 352. The standard InChI is InChI=1S/C16H28N2O/c1-5-18(10-11-19-4)16-9-7-6-8-15(16)13-17-12-14(2)3/h6-9,14,17H,5,10-13H2,1-4H3. The van der Waals surface area contributed by atoms with Gasteiger partial charge in [0, 0.05) is 32.4 Å². The number of anilines is 1. The molecular weight excluding hydrogens is 236 g/mol. The molecule has 0 fully saturated rings. The van der Waals surface area contributed by atoms with E-state index in [0.717, 1.165) is 32.8 Å². The number of likely N-dealkylation sites (N-methyl/N-ethyl adjacent to an activating group) is 1. The SMILES string of the molecule is CCN(CCOC)c1ccccc1CNCC(C)C. The van der Waals surface area contributed by atoms with Gasteiger partial charge in [-0.15, -0.1) is 0 Å². The Kier molecular flexibility index (Phi) is 7.53. The molecule has 0 aliphatic rings. The first-order valence-corrected chi connectivity index (χ1v) is 7.21. The summed E-state index contributed by atoms with van der Waals surface area (Å²) in [5.41, 5.74) is 2.68. The highest BCUT2D eigenvalue weighted by Crippen LogP contribution is 2.20. The molecule has 0 saturated carbocycles. The van der Waals surface area contributed by atoms with Crippen LogP contribution >= 0.6 is 0 Å². The van der Waals surface area contributed by atoms with E-state index in [9.17, 15) is 0 Å². The summed E-state index contributed by atoms with van der Waals surface area (Å²) in [5.74, 6) is 0.683. The molecule has 0 aliphatic heterocycles. The maximum absolute atomic E-state index is 5.19. The van der Waals surface area contributed by atoms with Gasteiger partial charge >= 0.3 is 0 Å². The van der Waals surface area contributed by atoms with E-state index in [2.05, 4.69) is 55.3 Å². The molecule has 0 unspecified atom stereocenters. The molecule has 3 nitrogen and oxygen atoms in total.